The normalized spacial score (nSPS) is 17.0. The van der Waals surface area contributed by atoms with Gasteiger partial charge in [0.15, 0.2) is 0 Å². The van der Waals surface area contributed by atoms with Crippen LogP contribution in [-0.2, 0) is 0 Å². The van der Waals surface area contributed by atoms with Crippen LogP contribution in [0.1, 0.15) is 30.5 Å². The van der Waals surface area contributed by atoms with Gasteiger partial charge in [0.1, 0.15) is 11.5 Å². The molecule has 0 fully saturated rings. The molecule has 8 N–H and O–H groups in total. The predicted molar refractivity (Wildman–Crippen MR) is 141 cm³/mol. The fraction of sp³-hybridized carbons (Fsp3) is 0.214. The highest BCUT2D eigenvalue weighted by atomic mass is 16.7. The Morgan fingerprint density at radius 1 is 0.706 bits per heavy atom. The van der Waals surface area contributed by atoms with Crippen molar-refractivity contribution >= 4 is 28.3 Å². The second-order valence-corrected chi connectivity index (χ2v) is 9.08. The van der Waals surface area contributed by atoms with Crippen molar-refractivity contribution < 1.29 is 9.47 Å². The summed E-state index contributed by atoms with van der Waals surface area (Å²) in [5.74, 6) is -0.420. The van der Waals surface area contributed by atoms with Gasteiger partial charge in [-0.05, 0) is 74.4 Å². The minimum Gasteiger partial charge on any atom is -0.446 e. The van der Waals surface area contributed by atoms with Crippen LogP contribution < -0.4 is 32.4 Å². The minimum atomic E-state index is -1.18. The zero-order valence-electron chi connectivity index (χ0n) is 20.1. The number of allylic oxidation sites excluding steroid dienone is 2. The lowest BCUT2D eigenvalue weighted by Crippen LogP contribution is -2.50. The van der Waals surface area contributed by atoms with Crippen molar-refractivity contribution in [3.63, 3.8) is 0 Å². The van der Waals surface area contributed by atoms with Gasteiger partial charge >= 0.3 is 0 Å². The molecule has 0 spiro atoms. The molecule has 3 aromatic carbocycles. The summed E-state index contributed by atoms with van der Waals surface area (Å²) < 4.78 is 13.1. The monoisotopic (exact) mass is 456 g/mol. The molecular formula is C28H32N4O2. The molecule has 1 atom stereocenters. The third kappa shape index (κ3) is 4.39. The van der Waals surface area contributed by atoms with E-state index in [-0.39, 0.29) is 5.92 Å². The molecule has 1 unspecified atom stereocenters. The maximum absolute atomic E-state index is 6.57. The van der Waals surface area contributed by atoms with Crippen LogP contribution in [0.4, 0.5) is 22.7 Å². The minimum absolute atomic E-state index is 0.192. The van der Waals surface area contributed by atoms with Crippen LogP contribution in [0.2, 0.25) is 0 Å². The highest BCUT2D eigenvalue weighted by Crippen LogP contribution is 2.44. The fourth-order valence-corrected chi connectivity index (χ4v) is 4.46. The lowest BCUT2D eigenvalue weighted by atomic mass is 9.83. The smallest absolute Gasteiger partial charge is 0.280 e. The van der Waals surface area contributed by atoms with Gasteiger partial charge in [0.25, 0.3) is 5.79 Å². The van der Waals surface area contributed by atoms with Gasteiger partial charge in [-0.3, -0.25) is 0 Å². The first kappa shape index (κ1) is 23.1. The van der Waals surface area contributed by atoms with Crippen molar-refractivity contribution in [2.75, 3.05) is 22.9 Å². The molecule has 0 radical (unpaired) electrons. The summed E-state index contributed by atoms with van der Waals surface area (Å²) in [5.41, 5.74) is 31.8. The van der Waals surface area contributed by atoms with Gasteiger partial charge in [0.05, 0.1) is 17.3 Å². The summed E-state index contributed by atoms with van der Waals surface area (Å²) >= 11 is 0. The molecule has 1 aliphatic carbocycles. The van der Waals surface area contributed by atoms with E-state index < -0.39 is 5.79 Å². The van der Waals surface area contributed by atoms with E-state index in [0.29, 0.717) is 34.2 Å². The molecule has 1 aliphatic rings. The number of nitrogens with two attached hydrogens (primary N) is 4. The molecule has 0 aromatic heterocycles. The lowest BCUT2D eigenvalue weighted by molar-refractivity contribution is -0.107. The summed E-state index contributed by atoms with van der Waals surface area (Å²) in [5, 5.41) is 0. The highest BCUT2D eigenvalue weighted by molar-refractivity contribution is 5.78. The molecule has 0 aliphatic heterocycles. The molecule has 6 heteroatoms. The van der Waals surface area contributed by atoms with E-state index >= 15 is 0 Å². The molecule has 0 heterocycles. The summed E-state index contributed by atoms with van der Waals surface area (Å²) in [6.45, 7) is 8.25. The molecule has 3 aromatic rings. The molecule has 0 saturated carbocycles. The van der Waals surface area contributed by atoms with Crippen LogP contribution in [0.5, 0.6) is 11.5 Å². The second kappa shape index (κ2) is 8.71. The second-order valence-electron chi connectivity index (χ2n) is 9.08. The van der Waals surface area contributed by atoms with E-state index in [1.165, 1.54) is 11.1 Å². The van der Waals surface area contributed by atoms with Gasteiger partial charge in [-0.2, -0.15) is 0 Å². The predicted octanol–water partition coefficient (Wildman–Crippen LogP) is 5.47. The van der Waals surface area contributed by atoms with Crippen molar-refractivity contribution in [1.29, 1.82) is 0 Å². The van der Waals surface area contributed by atoms with Crippen LogP contribution in [0.3, 0.4) is 0 Å². The number of anilines is 4. The van der Waals surface area contributed by atoms with Gasteiger partial charge < -0.3 is 32.4 Å². The first-order chi connectivity index (χ1) is 16.1. The number of hydrogen-bond acceptors (Lipinski definition) is 6. The van der Waals surface area contributed by atoms with E-state index in [4.69, 9.17) is 32.4 Å². The average Bonchev–Trinajstić information content (AvgIpc) is 2.74. The summed E-state index contributed by atoms with van der Waals surface area (Å²) in [6, 6.07) is 16.9. The van der Waals surface area contributed by atoms with E-state index in [1.54, 1.807) is 36.4 Å². The standard InChI is InChI=1S/C28H32N4O2/c1-16-9-17(2)11-20(10-16)21-12-18(3)28(19(4)13-21,33-26-7-5-22(29)14-24(26)31)34-27-8-6-23(30)15-25(27)32/h5-15,18H,29-32H2,1-4H3. The fourth-order valence-electron chi connectivity index (χ4n) is 4.46. The van der Waals surface area contributed by atoms with Gasteiger partial charge in [0, 0.05) is 16.9 Å². The topological polar surface area (TPSA) is 123 Å². The van der Waals surface area contributed by atoms with E-state index in [0.717, 1.165) is 16.7 Å². The number of ether oxygens (including phenoxy) is 2. The third-order valence-electron chi connectivity index (χ3n) is 6.10. The maximum atomic E-state index is 6.57. The molecule has 6 nitrogen and oxygen atoms in total. The summed E-state index contributed by atoms with van der Waals surface area (Å²) in [6.07, 6.45) is 4.25. The Morgan fingerprint density at radius 2 is 1.21 bits per heavy atom. The Labute approximate surface area is 200 Å². The van der Waals surface area contributed by atoms with Crippen molar-refractivity contribution in [3.05, 3.63) is 89.0 Å². The quantitative estimate of drug-likeness (QED) is 0.298. The largest absolute Gasteiger partial charge is 0.446 e. The number of rotatable bonds is 5. The van der Waals surface area contributed by atoms with Crippen LogP contribution in [0.25, 0.3) is 5.57 Å². The zero-order chi connectivity index (χ0) is 24.6. The Bertz CT molecular complexity index is 1240. The van der Waals surface area contributed by atoms with Crippen LogP contribution >= 0.6 is 0 Å². The molecule has 0 amide bonds. The molecule has 34 heavy (non-hydrogen) atoms. The Hall–Kier alpha value is -4.06. The van der Waals surface area contributed by atoms with Crippen molar-refractivity contribution in [1.82, 2.24) is 0 Å². The van der Waals surface area contributed by atoms with E-state index in [2.05, 4.69) is 51.1 Å². The number of benzene rings is 3. The van der Waals surface area contributed by atoms with Crippen molar-refractivity contribution in [2.45, 2.75) is 33.5 Å². The van der Waals surface area contributed by atoms with Crippen molar-refractivity contribution in [3.8, 4) is 11.5 Å². The molecule has 4 rings (SSSR count). The average molecular weight is 457 g/mol. The van der Waals surface area contributed by atoms with Crippen LogP contribution in [0, 0.1) is 19.8 Å². The van der Waals surface area contributed by atoms with E-state index in [1.807, 2.05) is 6.92 Å². The summed E-state index contributed by atoms with van der Waals surface area (Å²) in [4.78, 5) is 0. The molecule has 176 valence electrons. The van der Waals surface area contributed by atoms with Crippen molar-refractivity contribution in [2.24, 2.45) is 5.92 Å². The highest BCUT2D eigenvalue weighted by Gasteiger charge is 2.45. The Morgan fingerprint density at radius 3 is 1.65 bits per heavy atom. The van der Waals surface area contributed by atoms with Gasteiger partial charge in [-0.15, -0.1) is 0 Å². The first-order valence-electron chi connectivity index (χ1n) is 11.2. The zero-order valence-corrected chi connectivity index (χ0v) is 20.1. The molecule has 0 saturated heterocycles. The van der Waals surface area contributed by atoms with Crippen LogP contribution in [0.15, 0.2) is 72.3 Å². The van der Waals surface area contributed by atoms with Gasteiger partial charge in [0.2, 0.25) is 0 Å². The lowest BCUT2D eigenvalue weighted by Gasteiger charge is -2.41. The summed E-state index contributed by atoms with van der Waals surface area (Å²) in [7, 11) is 0. The number of aryl methyl sites for hydroxylation is 2. The molecular weight excluding hydrogens is 424 g/mol. The van der Waals surface area contributed by atoms with Gasteiger partial charge in [-0.25, -0.2) is 0 Å². The first-order valence-corrected chi connectivity index (χ1v) is 11.2. The Balaban J connectivity index is 1.82. The SMILES string of the molecule is CC1=CC(c2cc(C)cc(C)c2)=CC(C)C1(Oc1ccc(N)cc1N)Oc1ccc(N)cc1N. The number of hydrogen-bond donors (Lipinski definition) is 4. The molecule has 0 bridgehead atoms. The van der Waals surface area contributed by atoms with E-state index in [9.17, 15) is 0 Å². The maximum Gasteiger partial charge on any atom is 0.280 e. The third-order valence-corrected chi connectivity index (χ3v) is 6.10. The number of nitrogen functional groups attached to an aromatic ring is 4. The van der Waals surface area contributed by atoms with Gasteiger partial charge in [-0.1, -0.05) is 42.3 Å². The Kier molecular flexibility index (Phi) is 5.92. The van der Waals surface area contributed by atoms with Crippen LogP contribution in [-0.4, -0.2) is 5.79 Å².